The average molecular weight is 2130 g/mol. The molecule has 0 radical (unpaired) electrons. The van der Waals surface area contributed by atoms with E-state index in [0.717, 1.165) is 9.99 Å². The second-order valence-corrected chi connectivity index (χ2v) is 59.6. The van der Waals surface area contributed by atoms with Crippen molar-refractivity contribution in [2.75, 3.05) is 13.2 Å². The highest BCUT2D eigenvalue weighted by atomic mass is 127. The number of rotatable bonds is 14. The highest BCUT2D eigenvalue weighted by Crippen LogP contribution is 2.44. The summed E-state index contributed by atoms with van der Waals surface area (Å²) in [6.45, 7) is 91.9. The number of alkyl carbamates (subject to hydrolysis) is 1. The van der Waals surface area contributed by atoms with Gasteiger partial charge in [-0.2, -0.15) is 0 Å². The first-order valence-corrected chi connectivity index (χ1v) is 55.2. The Balaban J connectivity index is -0.000000499. The van der Waals surface area contributed by atoms with Gasteiger partial charge in [0.2, 0.25) is 55.8 Å². The number of nitrogens with zero attached hydrogens (tertiary/aromatic N) is 3. The second kappa shape index (κ2) is 63.5. The molecule has 4 aromatic rings. The van der Waals surface area contributed by atoms with E-state index in [2.05, 4.69) is 228 Å². The lowest BCUT2D eigenvalue weighted by Crippen LogP contribution is -2.63. The van der Waals surface area contributed by atoms with Crippen LogP contribution < -0.4 is 73.6 Å². The van der Waals surface area contributed by atoms with Crippen molar-refractivity contribution in [3.63, 3.8) is 0 Å². The standard InChI is InChI=1S/C24H31NOSi.C14H17NO2.C12H19NO.C11H14INO.C11H21NOSi.C9H19NO2.C8H15NO.C7H15NO.C6H12N4O.C6H13NO.C5H11NO/c1-23(2,3)25-22(26)18-13-19-27(24(4,5)6,20-14-9-7-10-15-20)21-16-11-8-12-17-21;1-5-10-17-12-8-6-11(7-9-12)13(16)15-14(2,3)4;1-12(2,3)13-11(14)10-7-8-4-5-9(10)6-8;1-11(2,3)13-10(14)8-4-6-9(12)7-5-8;1-11(2,3)12-10(13)8-7-9-14(4,5)6;1-8(2,3)10-7(11)12-9(4,5)6;1-6(2)7(10)9-8(3,4)5;1-5-6(9)8-7(2,3)4;1-6(2,3)9-5(11)4-8-10-7;1-5(8)7-6(2,3)4;1-5(2,3)6-4-7/h7-12,14-17H,18H2,1-6H3,(H,25,26);1,6-9H,10H2,2-4H3,(H,15,16);4-5,8-10H,6-7H2,1-3H3,(H,13,14);4-7H,1-3H3,(H,13,14);8H2,1-6H3,(H,12,13);1-6H3,(H,10,11);1H2,2-5H3,(H,9,10);5H2,1-4H3,(H,8,9);4H2,1-3H3,(H,9,11);1-4H3,(H,7,8);4H,1-3H3,(H,6,7). The number of carbonyl (C=O) groups excluding carboxylic acids is 11. The first-order valence-electron chi connectivity index (χ1n) is 48.7. The van der Waals surface area contributed by atoms with Gasteiger partial charge in [-0.1, -0.05) is 144 Å². The molecule has 27 nitrogen and oxygen atoms in total. The molecule has 0 saturated heterocycles. The molecule has 143 heavy (non-hydrogen) atoms. The number of hydrogen-bond donors (Lipinski definition) is 11. The molecule has 0 aliphatic heterocycles. The van der Waals surface area contributed by atoms with Crippen LogP contribution in [0, 0.1) is 56.6 Å². The number of nitrogens with one attached hydrogen (secondary N) is 11. The van der Waals surface area contributed by atoms with Crippen molar-refractivity contribution in [3.05, 3.63) is 159 Å². The van der Waals surface area contributed by atoms with E-state index in [1.54, 1.807) is 31.2 Å². The van der Waals surface area contributed by atoms with Crippen molar-refractivity contribution in [3.8, 4) is 41.0 Å². The molecule has 2 aliphatic rings. The number of allylic oxidation sites excluding steroid dienone is 2. The second-order valence-electron chi connectivity index (χ2n) is 49.2. The molecule has 2 aliphatic carbocycles. The number of ether oxygens (including phenoxy) is 2. The smallest absolute Gasteiger partial charge is 0.408 e. The Morgan fingerprint density at radius 3 is 1.10 bits per heavy atom. The zero-order valence-corrected chi connectivity index (χ0v) is 100. The SMILES string of the molecule is C#CCOc1ccc(C(=O)NC(C)(C)C)cc1.C=C(C)C(=O)NC(C)(C)C.CC(=O)NC(C)(C)C.CC(C)(C)NC(=O)C1CC2C=CC1C2.CC(C)(C)NC(=O)CC#C[Si](C)(C)C.CC(C)(C)NC(=O)CC#C[Si](c1ccccc1)(c1ccccc1)C(C)(C)C.CC(C)(C)NC(=O)CN=[N+]=[N-].CC(C)(C)NC(=O)OC(C)(C)C.CC(C)(C)NC(=O)c1ccc(I)cc1.CC(C)(C)NC=O.CCC(=O)NC(C)(C)C. The summed E-state index contributed by atoms with van der Waals surface area (Å²) in [6, 6.07) is 35.6. The number of fused-ring (bicyclic) bond motifs is 2. The van der Waals surface area contributed by atoms with Crippen LogP contribution in [0.5, 0.6) is 5.75 Å². The summed E-state index contributed by atoms with van der Waals surface area (Å²) in [5.41, 5.74) is 14.4. The van der Waals surface area contributed by atoms with Gasteiger partial charge in [-0.15, -0.1) is 23.4 Å². The highest BCUT2D eigenvalue weighted by Gasteiger charge is 2.47. The zero-order chi connectivity index (χ0) is 113. The molecule has 3 atom stereocenters. The summed E-state index contributed by atoms with van der Waals surface area (Å²) in [5.74, 6) is 10.6. The van der Waals surface area contributed by atoms with Gasteiger partial charge in [-0.3, -0.25) is 47.9 Å². The van der Waals surface area contributed by atoms with Crippen molar-refractivity contribution < 1.29 is 62.2 Å². The summed E-state index contributed by atoms with van der Waals surface area (Å²) in [4.78, 5) is 125. The van der Waals surface area contributed by atoms with Crippen molar-refractivity contribution in [2.45, 2.75) is 414 Å². The van der Waals surface area contributed by atoms with E-state index in [0.29, 0.717) is 53.5 Å². The van der Waals surface area contributed by atoms with Crippen molar-refractivity contribution >= 4 is 115 Å². The van der Waals surface area contributed by atoms with Crippen LogP contribution in [0.1, 0.15) is 344 Å². The van der Waals surface area contributed by atoms with Crippen LogP contribution in [0.4, 0.5) is 4.79 Å². The topological polar surface area (TPSA) is 387 Å². The molecule has 0 aromatic heterocycles. The third-order valence-corrected chi connectivity index (χ3v) is 23.7. The summed E-state index contributed by atoms with van der Waals surface area (Å²) < 4.78 is 11.4. The first-order chi connectivity index (χ1) is 64.2. The molecule has 2 bridgehead atoms. The number of terminal acetylenes is 1. The summed E-state index contributed by atoms with van der Waals surface area (Å²) in [5, 5.41) is 36.7. The van der Waals surface area contributed by atoms with E-state index in [9.17, 15) is 52.7 Å². The zero-order valence-electron chi connectivity index (χ0n) is 96.1. The largest absolute Gasteiger partial charge is 0.481 e. The lowest BCUT2D eigenvalue weighted by molar-refractivity contribution is -0.127. The summed E-state index contributed by atoms with van der Waals surface area (Å²) in [6.07, 6.45) is 13.3. The third-order valence-electron chi connectivity index (χ3n) is 16.9. The van der Waals surface area contributed by atoms with E-state index < -0.39 is 21.7 Å². The van der Waals surface area contributed by atoms with Gasteiger partial charge in [-0.25, -0.2) is 4.79 Å². The number of carbonyl (C=O) groups is 11. The Hall–Kier alpha value is -10.7. The maximum absolute atomic E-state index is 12.3. The summed E-state index contributed by atoms with van der Waals surface area (Å²) >= 11 is 2.22. The third kappa shape index (κ3) is 83.3. The normalized spacial score (nSPS) is 13.6. The molecule has 1 saturated carbocycles. The molecule has 1 fully saturated rings. The maximum atomic E-state index is 12.3. The summed E-state index contributed by atoms with van der Waals surface area (Å²) in [7, 11) is -3.74. The molecule has 11 N–H and O–H groups in total. The van der Waals surface area contributed by atoms with Crippen LogP contribution >= 0.6 is 22.6 Å². The van der Waals surface area contributed by atoms with Gasteiger partial charge >= 0.3 is 6.09 Å². The fourth-order valence-electron chi connectivity index (χ4n) is 11.9. The molecular formula is C113H187IN14O13Si2. The lowest BCUT2D eigenvalue weighted by Gasteiger charge is -2.39. The van der Waals surface area contributed by atoms with E-state index >= 15 is 0 Å². The Morgan fingerprint density at radius 2 is 0.832 bits per heavy atom. The van der Waals surface area contributed by atoms with Gasteiger partial charge in [-0.05, 0) is 373 Å². The maximum Gasteiger partial charge on any atom is 0.408 e. The lowest BCUT2D eigenvalue weighted by atomic mass is 9.92. The molecule has 3 unspecified atom stereocenters. The average Bonchev–Trinajstić information content (AvgIpc) is 0.946. The van der Waals surface area contributed by atoms with Crippen molar-refractivity contribution in [1.29, 1.82) is 0 Å². The molecule has 11 amide bonds. The molecule has 0 heterocycles. The highest BCUT2D eigenvalue weighted by molar-refractivity contribution is 14.1. The van der Waals surface area contributed by atoms with Crippen LogP contribution in [0.2, 0.25) is 24.7 Å². The van der Waals surface area contributed by atoms with Crippen LogP contribution in [-0.4, -0.2) is 161 Å². The van der Waals surface area contributed by atoms with Crippen LogP contribution in [0.25, 0.3) is 10.4 Å². The van der Waals surface area contributed by atoms with Gasteiger partial charge in [0, 0.05) is 105 Å². The predicted molar refractivity (Wildman–Crippen MR) is 607 cm³/mol. The van der Waals surface area contributed by atoms with Gasteiger partial charge in [0.1, 0.15) is 32.6 Å². The quantitative estimate of drug-likeness (QED) is 0.00644. The number of amides is 11. The van der Waals surface area contributed by atoms with Crippen molar-refractivity contribution in [2.24, 2.45) is 22.9 Å². The van der Waals surface area contributed by atoms with Crippen LogP contribution in [-0.2, 0) is 43.1 Å². The molecule has 30 heteroatoms. The Labute approximate surface area is 879 Å². The number of azide groups is 1. The van der Waals surface area contributed by atoms with E-state index in [-0.39, 0.29) is 151 Å². The number of benzene rings is 4. The number of halogens is 1. The van der Waals surface area contributed by atoms with E-state index in [1.807, 2.05) is 293 Å². The Bertz CT molecular complexity index is 4790. The minimum absolute atomic E-state index is 0.0169. The number of hydrogen-bond acceptors (Lipinski definition) is 14. The van der Waals surface area contributed by atoms with Gasteiger partial charge in [0.25, 0.3) is 11.8 Å². The minimum Gasteiger partial charge on any atom is -0.481 e. The minimum atomic E-state index is -2.42. The molecular weight excluding hydrogens is 1940 g/mol. The van der Waals surface area contributed by atoms with Crippen LogP contribution in [0.15, 0.2) is 139 Å². The fourth-order valence-corrected chi connectivity index (χ4v) is 17.4. The van der Waals surface area contributed by atoms with E-state index in [1.165, 1.54) is 23.7 Å². The monoisotopic (exact) mass is 2130 g/mol. The van der Waals surface area contributed by atoms with E-state index in [4.69, 9.17) is 21.4 Å². The first kappa shape index (κ1) is 141. The molecule has 4 aromatic carbocycles. The molecule has 6 rings (SSSR count). The fraction of sp³-hybridized carbons (Fsp3) is 0.602. The van der Waals surface area contributed by atoms with Gasteiger partial charge < -0.3 is 68.0 Å². The Kier molecular flexibility index (Phi) is 62.5. The van der Waals surface area contributed by atoms with Gasteiger partial charge in [0.05, 0.1) is 12.8 Å². The van der Waals surface area contributed by atoms with Gasteiger partial charge in [0.15, 0.2) is 0 Å². The Morgan fingerprint density at radius 1 is 0.469 bits per heavy atom. The predicted octanol–water partition coefficient (Wildman–Crippen LogP) is 21.0. The van der Waals surface area contributed by atoms with Crippen LogP contribution in [0.3, 0.4) is 0 Å². The molecule has 0 spiro atoms. The van der Waals surface area contributed by atoms with Crippen molar-refractivity contribution in [1.82, 2.24) is 58.5 Å². The molecule has 802 valence electrons.